The predicted octanol–water partition coefficient (Wildman–Crippen LogP) is 3.95. The molecule has 5 atom stereocenters. The number of halogens is 3. The smallest absolute Gasteiger partial charge is 0.393 e. The normalized spacial score (nSPS) is 44.7. The van der Waals surface area contributed by atoms with Gasteiger partial charge in [0.05, 0.1) is 12.3 Å². The lowest BCUT2D eigenvalue weighted by Gasteiger charge is -2.31. The second kappa shape index (κ2) is 8.38. The summed E-state index contributed by atoms with van der Waals surface area (Å²) in [6.45, 7) is 0. The van der Waals surface area contributed by atoms with E-state index in [4.69, 9.17) is 4.84 Å². The van der Waals surface area contributed by atoms with Gasteiger partial charge in [0.2, 0.25) is 0 Å². The Balaban J connectivity index is 1.37. The maximum Gasteiger partial charge on any atom is 0.400 e. The molecule has 0 spiro atoms. The van der Waals surface area contributed by atoms with Crippen molar-refractivity contribution < 1.29 is 23.1 Å². The van der Waals surface area contributed by atoms with Crippen LogP contribution in [0.25, 0.3) is 0 Å². The summed E-state index contributed by atoms with van der Waals surface area (Å²) >= 11 is 1.07. The summed E-state index contributed by atoms with van der Waals surface area (Å²) in [5.41, 5.74) is 3.03. The van der Waals surface area contributed by atoms with Gasteiger partial charge in [0.15, 0.2) is 0 Å². The third-order valence-corrected chi connectivity index (χ3v) is 8.71. The molecule has 0 aromatic carbocycles. The van der Waals surface area contributed by atoms with E-state index in [1.165, 1.54) is 0 Å². The van der Waals surface area contributed by atoms with E-state index in [0.717, 1.165) is 69.5 Å². The van der Waals surface area contributed by atoms with Crippen LogP contribution in [0.15, 0.2) is 0 Å². The number of aliphatic hydroxyl groups excluding tert-OH is 1. The van der Waals surface area contributed by atoms with Crippen molar-refractivity contribution in [1.29, 1.82) is 0 Å². The predicted molar refractivity (Wildman–Crippen MR) is 98.8 cm³/mol. The van der Waals surface area contributed by atoms with Gasteiger partial charge in [0.25, 0.3) is 0 Å². The van der Waals surface area contributed by atoms with Gasteiger partial charge in [-0.1, -0.05) is 32.1 Å². The van der Waals surface area contributed by atoms with Gasteiger partial charge in [-0.15, -0.1) is 11.8 Å². The molecule has 3 N–H and O–H groups in total. The van der Waals surface area contributed by atoms with Gasteiger partial charge < -0.3 is 5.11 Å². The van der Waals surface area contributed by atoms with E-state index in [2.05, 4.69) is 10.8 Å². The highest BCUT2D eigenvalue weighted by Gasteiger charge is 2.55. The van der Waals surface area contributed by atoms with Crippen LogP contribution in [-0.2, 0) is 4.84 Å². The van der Waals surface area contributed by atoms with E-state index >= 15 is 0 Å². The minimum atomic E-state index is -4.15. The lowest BCUT2D eigenvalue weighted by atomic mass is 9.76. The molecular weight excluding hydrogens is 377 g/mol. The first-order valence-corrected chi connectivity index (χ1v) is 11.4. The Morgan fingerprint density at radius 3 is 2.30 bits per heavy atom. The first-order valence-electron chi connectivity index (χ1n) is 10.5. The maximum atomic E-state index is 13.7. The van der Waals surface area contributed by atoms with Gasteiger partial charge in [0, 0.05) is 5.25 Å². The molecule has 2 heterocycles. The van der Waals surface area contributed by atoms with Crippen LogP contribution >= 0.6 is 11.8 Å². The SMILES string of the molecule is OC1CCC(C2NOC(C3CC(C4CCCCC4)C(C(F)(F)F)S3)N2)CC1. The molecule has 2 aliphatic heterocycles. The molecule has 156 valence electrons. The van der Waals surface area contributed by atoms with Crippen LogP contribution in [0, 0.1) is 17.8 Å². The number of nitrogens with one attached hydrogen (secondary N) is 2. The molecule has 2 aliphatic carbocycles. The number of rotatable bonds is 3. The van der Waals surface area contributed by atoms with Crippen LogP contribution in [0.2, 0.25) is 0 Å². The zero-order chi connectivity index (χ0) is 19.0. The minimum absolute atomic E-state index is 0.0267. The molecule has 0 aromatic heterocycles. The van der Waals surface area contributed by atoms with Gasteiger partial charge in [-0.3, -0.25) is 10.2 Å². The molecular formula is C19H31F3N2O2S. The molecule has 0 amide bonds. The zero-order valence-electron chi connectivity index (χ0n) is 15.6. The first-order chi connectivity index (χ1) is 12.9. The summed E-state index contributed by atoms with van der Waals surface area (Å²) < 4.78 is 41.1. The lowest BCUT2D eigenvalue weighted by Crippen LogP contribution is -2.44. The number of thioether (sulfide) groups is 1. The largest absolute Gasteiger partial charge is 0.400 e. The quantitative estimate of drug-likeness (QED) is 0.660. The van der Waals surface area contributed by atoms with Crippen molar-refractivity contribution in [2.75, 3.05) is 0 Å². The number of hydrogen-bond acceptors (Lipinski definition) is 5. The molecule has 0 bridgehead atoms. The summed E-state index contributed by atoms with van der Waals surface area (Å²) in [4.78, 5) is 5.71. The first kappa shape index (κ1) is 20.3. The fourth-order valence-electron chi connectivity index (χ4n) is 5.50. The molecule has 4 fully saturated rings. The van der Waals surface area contributed by atoms with Gasteiger partial charge in [-0.25, -0.2) is 0 Å². The summed E-state index contributed by atoms with van der Waals surface area (Å²) in [7, 11) is 0. The second-order valence-electron chi connectivity index (χ2n) is 8.80. The molecule has 0 radical (unpaired) electrons. The Morgan fingerprint density at radius 1 is 0.926 bits per heavy atom. The van der Waals surface area contributed by atoms with E-state index in [-0.39, 0.29) is 35.6 Å². The molecule has 8 heteroatoms. The standard InChI is InChI=1S/C19H31F3N2O2S/c20-19(21,22)16-14(11-4-2-1-3-5-11)10-15(27-16)18-23-17(24-26-18)12-6-8-13(25)9-7-12/h11-18,23-25H,1-10H2. The van der Waals surface area contributed by atoms with Gasteiger partial charge >= 0.3 is 6.18 Å². The Labute approximate surface area is 163 Å². The zero-order valence-corrected chi connectivity index (χ0v) is 16.4. The highest BCUT2D eigenvalue weighted by molar-refractivity contribution is 8.00. The number of hydroxylamine groups is 1. The molecule has 2 saturated carbocycles. The highest BCUT2D eigenvalue weighted by atomic mass is 32.2. The Kier molecular flexibility index (Phi) is 6.29. The van der Waals surface area contributed by atoms with Crippen LogP contribution in [0.4, 0.5) is 13.2 Å². The lowest BCUT2D eigenvalue weighted by molar-refractivity contribution is -0.141. The topological polar surface area (TPSA) is 53.5 Å². The van der Waals surface area contributed by atoms with Crippen molar-refractivity contribution in [3.05, 3.63) is 0 Å². The minimum Gasteiger partial charge on any atom is -0.393 e. The molecule has 4 nitrogen and oxygen atoms in total. The molecule has 0 aromatic rings. The maximum absolute atomic E-state index is 13.7. The van der Waals surface area contributed by atoms with Crippen molar-refractivity contribution >= 4 is 11.8 Å². The van der Waals surface area contributed by atoms with Crippen LogP contribution < -0.4 is 10.8 Å². The third kappa shape index (κ3) is 4.60. The van der Waals surface area contributed by atoms with Gasteiger partial charge in [-0.05, 0) is 49.9 Å². The second-order valence-corrected chi connectivity index (χ2v) is 10.2. The number of hydrogen-bond donors (Lipinski definition) is 3. The summed E-state index contributed by atoms with van der Waals surface area (Å²) in [6, 6.07) is 0. The van der Waals surface area contributed by atoms with E-state index in [9.17, 15) is 18.3 Å². The van der Waals surface area contributed by atoms with Crippen LogP contribution in [0.5, 0.6) is 0 Å². The van der Waals surface area contributed by atoms with E-state index in [0.29, 0.717) is 12.3 Å². The number of alkyl halides is 3. The van der Waals surface area contributed by atoms with Crippen molar-refractivity contribution in [3.63, 3.8) is 0 Å². The average molecular weight is 409 g/mol. The van der Waals surface area contributed by atoms with Crippen LogP contribution in [0.1, 0.15) is 64.2 Å². The number of aliphatic hydroxyl groups is 1. The summed E-state index contributed by atoms with van der Waals surface area (Å²) in [6.07, 6.45) is 4.38. The average Bonchev–Trinajstić information content (AvgIpc) is 3.30. The molecule has 2 saturated heterocycles. The van der Waals surface area contributed by atoms with Crippen molar-refractivity contribution in [1.82, 2.24) is 10.8 Å². The third-order valence-electron chi connectivity index (χ3n) is 7.01. The van der Waals surface area contributed by atoms with E-state index in [1.54, 1.807) is 0 Å². The fourth-order valence-corrected chi connectivity index (χ4v) is 7.17. The van der Waals surface area contributed by atoms with Crippen molar-refractivity contribution in [3.8, 4) is 0 Å². The van der Waals surface area contributed by atoms with Crippen molar-refractivity contribution in [2.24, 2.45) is 17.8 Å². The Bertz CT molecular complexity index is 496. The molecule has 5 unspecified atom stereocenters. The summed E-state index contributed by atoms with van der Waals surface area (Å²) in [5.74, 6) is 0.278. The Hall–Kier alpha value is -0.0200. The van der Waals surface area contributed by atoms with Gasteiger partial charge in [-0.2, -0.15) is 18.7 Å². The van der Waals surface area contributed by atoms with Crippen molar-refractivity contribution in [2.45, 2.75) is 99.4 Å². The highest BCUT2D eigenvalue weighted by Crippen LogP contribution is 2.53. The van der Waals surface area contributed by atoms with E-state index in [1.807, 2.05) is 0 Å². The molecule has 4 aliphatic rings. The molecule has 27 heavy (non-hydrogen) atoms. The Morgan fingerprint density at radius 2 is 1.63 bits per heavy atom. The fraction of sp³-hybridized carbons (Fsp3) is 1.00. The van der Waals surface area contributed by atoms with Gasteiger partial charge in [0.1, 0.15) is 11.5 Å². The monoisotopic (exact) mass is 408 g/mol. The summed E-state index contributed by atoms with van der Waals surface area (Å²) in [5, 5.41) is 11.6. The van der Waals surface area contributed by atoms with Crippen LogP contribution in [0.3, 0.4) is 0 Å². The van der Waals surface area contributed by atoms with Crippen LogP contribution in [-0.4, -0.2) is 40.3 Å². The van der Waals surface area contributed by atoms with E-state index < -0.39 is 11.4 Å². The molecule has 4 rings (SSSR count).